The molecular weight excluding hydrogens is 412 g/mol. The Bertz CT molecular complexity index is 753. The Kier molecular flexibility index (Phi) is 6.86. The van der Waals surface area contributed by atoms with Crippen molar-refractivity contribution in [2.75, 3.05) is 6.61 Å². The van der Waals surface area contributed by atoms with Gasteiger partial charge in [-0.25, -0.2) is 15.3 Å². The number of fused-ring (bicyclic) bond motifs is 1. The normalized spacial score (nSPS) is 32.5. The van der Waals surface area contributed by atoms with E-state index in [1.807, 2.05) is 0 Å². The van der Waals surface area contributed by atoms with E-state index < -0.39 is 48.7 Å². The molecule has 0 saturated carbocycles. The fraction of sp³-hybridized carbons (Fsp3) is 0.737. The summed E-state index contributed by atoms with van der Waals surface area (Å²) in [7, 11) is 0. The number of carbonyl (C=O) groups is 2. The average molecular weight is 442 g/mol. The maximum Gasteiger partial charge on any atom is 0.348 e. The first-order valence-electron chi connectivity index (χ1n) is 10.1. The van der Waals surface area contributed by atoms with Crippen LogP contribution in [0, 0.1) is 5.92 Å². The third-order valence-corrected chi connectivity index (χ3v) is 4.83. The Labute approximate surface area is 180 Å². The number of nitrogens with two attached hydrogens (primary N) is 1. The summed E-state index contributed by atoms with van der Waals surface area (Å²) < 4.78 is 23.3. The highest BCUT2D eigenvalue weighted by Crippen LogP contribution is 2.40. The molecule has 12 nitrogen and oxygen atoms in total. The number of esters is 1. The molecule has 3 aliphatic rings. The Morgan fingerprint density at radius 1 is 1.29 bits per heavy atom. The summed E-state index contributed by atoms with van der Waals surface area (Å²) in [6, 6.07) is -0.810. The molecule has 3 heterocycles. The molecule has 12 heteroatoms. The summed E-state index contributed by atoms with van der Waals surface area (Å²) in [5.74, 6) is -2.04. The van der Waals surface area contributed by atoms with Crippen LogP contribution in [-0.4, -0.2) is 77.1 Å². The van der Waals surface area contributed by atoms with Crippen LogP contribution in [0.1, 0.15) is 34.6 Å². The molecule has 3 rings (SSSR count). The highest BCUT2D eigenvalue weighted by molar-refractivity contribution is 5.93. The lowest BCUT2D eigenvalue weighted by Gasteiger charge is -2.34. The SMILES string of the molecule is CC(C)C(=O)OC[C@H]1O[C@@H](N2C=CC(NOC(=O)[C@H](C)N)=NC2O)[C@@H]2OC(C)(C)O[C@@H]21. The number of nitrogens with zero attached hydrogens (tertiary/aromatic N) is 2. The van der Waals surface area contributed by atoms with Gasteiger partial charge in [-0.1, -0.05) is 13.8 Å². The van der Waals surface area contributed by atoms with Crippen LogP contribution in [0.3, 0.4) is 0 Å². The van der Waals surface area contributed by atoms with Crippen LogP contribution in [0.2, 0.25) is 0 Å². The van der Waals surface area contributed by atoms with Gasteiger partial charge in [0.15, 0.2) is 17.9 Å². The fourth-order valence-electron chi connectivity index (χ4n) is 3.30. The number of hydrogen-bond acceptors (Lipinski definition) is 12. The maximum absolute atomic E-state index is 11.9. The molecular formula is C19H30N4O8. The summed E-state index contributed by atoms with van der Waals surface area (Å²) in [6.07, 6.45) is -0.732. The molecule has 31 heavy (non-hydrogen) atoms. The molecule has 2 fully saturated rings. The lowest BCUT2D eigenvalue weighted by atomic mass is 10.1. The van der Waals surface area contributed by atoms with E-state index in [2.05, 4.69) is 10.5 Å². The number of rotatable bonds is 5. The number of carbonyl (C=O) groups excluding carboxylic acids is 2. The number of amidine groups is 1. The summed E-state index contributed by atoms with van der Waals surface area (Å²) >= 11 is 0. The smallest absolute Gasteiger partial charge is 0.348 e. The van der Waals surface area contributed by atoms with Crippen molar-refractivity contribution in [3.05, 3.63) is 12.3 Å². The number of aliphatic hydroxyl groups is 1. The summed E-state index contributed by atoms with van der Waals surface area (Å²) in [4.78, 5) is 33.6. The van der Waals surface area contributed by atoms with Crippen molar-refractivity contribution in [3.8, 4) is 0 Å². The molecule has 2 saturated heterocycles. The molecule has 3 aliphatic heterocycles. The molecule has 0 aliphatic carbocycles. The highest BCUT2D eigenvalue weighted by Gasteiger charge is 2.57. The van der Waals surface area contributed by atoms with Crippen LogP contribution in [0.4, 0.5) is 0 Å². The van der Waals surface area contributed by atoms with E-state index in [-0.39, 0.29) is 24.3 Å². The van der Waals surface area contributed by atoms with Crippen molar-refractivity contribution in [2.45, 2.75) is 77.3 Å². The molecule has 0 aromatic heterocycles. The quantitative estimate of drug-likeness (QED) is 0.367. The Hall–Kier alpha value is -2.25. The van der Waals surface area contributed by atoms with Crippen LogP contribution in [0.15, 0.2) is 17.3 Å². The van der Waals surface area contributed by atoms with Gasteiger partial charge in [0.25, 0.3) is 0 Å². The number of ether oxygens (including phenoxy) is 4. The number of hydrogen-bond donors (Lipinski definition) is 3. The van der Waals surface area contributed by atoms with Gasteiger partial charge >= 0.3 is 11.9 Å². The third kappa shape index (κ3) is 5.33. The second-order valence-corrected chi connectivity index (χ2v) is 8.35. The predicted octanol–water partition coefficient (Wildman–Crippen LogP) is -0.671. The number of aliphatic hydroxyl groups excluding tert-OH is 1. The standard InChI is InChI=1S/C19H30N4O8/c1-9(2)16(24)27-8-11-13-14(30-19(4,5)29-13)15(28-11)23-7-6-12(21-18(23)26)22-31-17(25)10(3)20/h6-7,9-11,13-15,18,26H,8,20H2,1-5H3,(H,21,22)/t10-,11+,13+,14+,15+,18?/m0/s1. The zero-order valence-electron chi connectivity index (χ0n) is 18.2. The molecule has 0 bridgehead atoms. The summed E-state index contributed by atoms with van der Waals surface area (Å²) in [5.41, 5.74) is 7.77. The molecule has 0 spiro atoms. The van der Waals surface area contributed by atoms with Crippen molar-refractivity contribution >= 4 is 17.8 Å². The topological polar surface area (TPSA) is 154 Å². The second-order valence-electron chi connectivity index (χ2n) is 8.35. The molecule has 4 N–H and O–H groups in total. The summed E-state index contributed by atoms with van der Waals surface area (Å²) in [5, 5.41) is 10.5. The molecule has 0 radical (unpaired) electrons. The first-order valence-corrected chi connectivity index (χ1v) is 10.1. The molecule has 174 valence electrons. The van der Waals surface area contributed by atoms with Crippen LogP contribution in [0.5, 0.6) is 0 Å². The highest BCUT2D eigenvalue weighted by atomic mass is 16.8. The zero-order chi connectivity index (χ0) is 22.9. The van der Waals surface area contributed by atoms with Gasteiger partial charge in [-0.15, -0.1) is 0 Å². The predicted molar refractivity (Wildman–Crippen MR) is 106 cm³/mol. The summed E-state index contributed by atoms with van der Waals surface area (Å²) in [6.45, 7) is 8.50. The van der Waals surface area contributed by atoms with Crippen LogP contribution < -0.4 is 11.2 Å². The number of hydroxylamine groups is 1. The van der Waals surface area contributed by atoms with Crippen LogP contribution >= 0.6 is 0 Å². The largest absolute Gasteiger partial charge is 0.463 e. The van der Waals surface area contributed by atoms with Gasteiger partial charge in [-0.3, -0.25) is 4.79 Å². The maximum atomic E-state index is 11.9. The van der Waals surface area contributed by atoms with Gasteiger partial charge in [0.1, 0.15) is 31.0 Å². The van der Waals surface area contributed by atoms with Crippen molar-refractivity contribution in [2.24, 2.45) is 16.6 Å². The van der Waals surface area contributed by atoms with E-state index in [1.165, 1.54) is 24.1 Å². The number of nitrogens with one attached hydrogen (secondary N) is 1. The fourth-order valence-corrected chi connectivity index (χ4v) is 3.30. The van der Waals surface area contributed by atoms with E-state index in [0.29, 0.717) is 0 Å². The van der Waals surface area contributed by atoms with E-state index >= 15 is 0 Å². The Morgan fingerprint density at radius 2 is 1.97 bits per heavy atom. The van der Waals surface area contributed by atoms with Gasteiger partial charge < -0.3 is 39.5 Å². The minimum Gasteiger partial charge on any atom is -0.463 e. The minimum atomic E-state index is -1.35. The lowest BCUT2D eigenvalue weighted by Crippen LogP contribution is -2.48. The second kappa shape index (κ2) is 9.09. The Morgan fingerprint density at radius 3 is 2.58 bits per heavy atom. The first-order chi connectivity index (χ1) is 14.5. The van der Waals surface area contributed by atoms with Gasteiger partial charge in [-0.05, 0) is 26.8 Å². The van der Waals surface area contributed by atoms with E-state index in [9.17, 15) is 14.7 Å². The van der Waals surface area contributed by atoms with Gasteiger partial charge in [0, 0.05) is 6.20 Å². The van der Waals surface area contributed by atoms with E-state index in [0.717, 1.165) is 0 Å². The van der Waals surface area contributed by atoms with Crippen LogP contribution in [0.25, 0.3) is 0 Å². The van der Waals surface area contributed by atoms with Crippen molar-refractivity contribution in [1.82, 2.24) is 10.4 Å². The molecule has 1 unspecified atom stereocenters. The van der Waals surface area contributed by atoms with Crippen molar-refractivity contribution in [3.63, 3.8) is 0 Å². The molecule has 0 aromatic rings. The van der Waals surface area contributed by atoms with Crippen molar-refractivity contribution < 1.29 is 38.5 Å². The van der Waals surface area contributed by atoms with Gasteiger partial charge in [-0.2, -0.15) is 0 Å². The third-order valence-electron chi connectivity index (χ3n) is 4.83. The van der Waals surface area contributed by atoms with Gasteiger partial charge in [0.05, 0.1) is 5.92 Å². The molecule has 0 amide bonds. The first kappa shape index (κ1) is 23.4. The Balaban J connectivity index is 1.67. The van der Waals surface area contributed by atoms with E-state index in [4.69, 9.17) is 29.5 Å². The van der Waals surface area contributed by atoms with Crippen LogP contribution in [-0.2, 0) is 33.4 Å². The van der Waals surface area contributed by atoms with Crippen molar-refractivity contribution in [1.29, 1.82) is 0 Å². The van der Waals surface area contributed by atoms with E-state index in [1.54, 1.807) is 27.7 Å². The average Bonchev–Trinajstić information content (AvgIpc) is 3.17. The monoisotopic (exact) mass is 442 g/mol. The minimum absolute atomic E-state index is 0.00886. The van der Waals surface area contributed by atoms with Gasteiger partial charge in [0.2, 0.25) is 6.35 Å². The molecule has 0 aromatic carbocycles. The number of aliphatic imine (C=N–C) groups is 1. The lowest BCUT2D eigenvalue weighted by molar-refractivity contribution is -0.217. The zero-order valence-corrected chi connectivity index (χ0v) is 18.2. The molecule has 6 atom stereocenters.